The van der Waals surface area contributed by atoms with Gasteiger partial charge in [0.05, 0.1) is 5.69 Å². The maximum Gasteiger partial charge on any atom is 0.301 e. The predicted molar refractivity (Wildman–Crippen MR) is 47.9 cm³/mol. The Kier molecular flexibility index (Phi) is 2.08. The smallest absolute Gasteiger partial charge is 0.301 e. The number of hydrogen-bond acceptors (Lipinski definition) is 7. The molecule has 0 radical (unpaired) electrons. The van der Waals surface area contributed by atoms with E-state index >= 15 is 0 Å². The standard InChI is InChI=1S/C7H7N5O3/c1-3-2-14-7(9-3)10-6(13)4-5(8)12-15-11-4/h2H,1H3,(H2,8,12)(H,9,10,13). The summed E-state index contributed by atoms with van der Waals surface area (Å²) >= 11 is 0. The van der Waals surface area contributed by atoms with Crippen molar-refractivity contribution in [3.8, 4) is 0 Å². The lowest BCUT2D eigenvalue weighted by molar-refractivity contribution is 0.101. The van der Waals surface area contributed by atoms with Crippen LogP contribution in [0.4, 0.5) is 11.8 Å². The Morgan fingerprint density at radius 2 is 2.33 bits per heavy atom. The van der Waals surface area contributed by atoms with Crippen LogP contribution < -0.4 is 11.1 Å². The summed E-state index contributed by atoms with van der Waals surface area (Å²) in [5.41, 5.74) is 5.87. The van der Waals surface area contributed by atoms with Gasteiger partial charge in [0, 0.05) is 0 Å². The Morgan fingerprint density at radius 3 is 2.87 bits per heavy atom. The summed E-state index contributed by atoms with van der Waals surface area (Å²) in [6, 6.07) is 0.0694. The number of nitrogens with one attached hydrogen (secondary N) is 1. The van der Waals surface area contributed by atoms with Crippen molar-refractivity contribution in [2.75, 3.05) is 11.1 Å². The fourth-order valence-corrected chi connectivity index (χ4v) is 0.921. The monoisotopic (exact) mass is 209 g/mol. The van der Waals surface area contributed by atoms with Gasteiger partial charge in [-0.1, -0.05) is 0 Å². The first-order valence-corrected chi connectivity index (χ1v) is 3.98. The van der Waals surface area contributed by atoms with Crippen LogP contribution in [0.15, 0.2) is 15.3 Å². The number of oxazole rings is 1. The quantitative estimate of drug-likeness (QED) is 0.724. The van der Waals surface area contributed by atoms with Gasteiger partial charge in [0.2, 0.25) is 11.5 Å². The van der Waals surface area contributed by atoms with Crippen molar-refractivity contribution in [1.82, 2.24) is 15.3 Å². The normalized spacial score (nSPS) is 10.2. The Hall–Kier alpha value is -2.38. The molecule has 3 N–H and O–H groups in total. The van der Waals surface area contributed by atoms with Crippen molar-refractivity contribution in [2.24, 2.45) is 0 Å². The van der Waals surface area contributed by atoms with E-state index in [1.807, 2.05) is 0 Å². The molecule has 0 saturated carbocycles. The van der Waals surface area contributed by atoms with Crippen LogP contribution in [0.2, 0.25) is 0 Å². The zero-order valence-corrected chi connectivity index (χ0v) is 7.72. The van der Waals surface area contributed by atoms with E-state index in [1.54, 1.807) is 6.92 Å². The fourth-order valence-electron chi connectivity index (χ4n) is 0.921. The highest BCUT2D eigenvalue weighted by Gasteiger charge is 2.17. The van der Waals surface area contributed by atoms with Crippen LogP contribution in [-0.4, -0.2) is 21.2 Å². The highest BCUT2D eigenvalue weighted by Crippen LogP contribution is 2.10. The van der Waals surface area contributed by atoms with Crippen molar-refractivity contribution in [3.05, 3.63) is 17.7 Å². The number of hydrogen-bond donors (Lipinski definition) is 2. The van der Waals surface area contributed by atoms with Crippen LogP contribution in [0.5, 0.6) is 0 Å². The van der Waals surface area contributed by atoms with Crippen molar-refractivity contribution in [1.29, 1.82) is 0 Å². The number of carbonyl (C=O) groups is 1. The SMILES string of the molecule is Cc1coc(NC(=O)c2nonc2N)n1. The fraction of sp³-hybridized carbons (Fsp3) is 0.143. The van der Waals surface area contributed by atoms with Gasteiger partial charge in [0.15, 0.2) is 0 Å². The molecule has 0 aliphatic heterocycles. The number of amides is 1. The van der Waals surface area contributed by atoms with Gasteiger partial charge in [0.1, 0.15) is 6.26 Å². The van der Waals surface area contributed by atoms with E-state index < -0.39 is 5.91 Å². The maximum atomic E-state index is 11.5. The molecule has 8 nitrogen and oxygen atoms in total. The van der Waals surface area contributed by atoms with Gasteiger partial charge < -0.3 is 10.2 Å². The molecule has 8 heteroatoms. The van der Waals surface area contributed by atoms with Crippen molar-refractivity contribution in [3.63, 3.8) is 0 Å². The summed E-state index contributed by atoms with van der Waals surface area (Å²) in [5.74, 6) is -0.675. The molecule has 0 atom stereocenters. The van der Waals surface area contributed by atoms with Crippen LogP contribution in [0.25, 0.3) is 0 Å². The third kappa shape index (κ3) is 1.77. The lowest BCUT2D eigenvalue weighted by Crippen LogP contribution is -2.14. The minimum Gasteiger partial charge on any atom is -0.432 e. The number of rotatable bonds is 2. The number of nitrogens with zero attached hydrogens (tertiary/aromatic N) is 3. The summed E-state index contributed by atoms with van der Waals surface area (Å²) in [7, 11) is 0. The molecule has 0 aliphatic rings. The molecule has 2 aromatic heterocycles. The Morgan fingerprint density at radius 1 is 1.53 bits per heavy atom. The second kappa shape index (κ2) is 3.40. The largest absolute Gasteiger partial charge is 0.432 e. The third-order valence-corrected chi connectivity index (χ3v) is 1.57. The summed E-state index contributed by atoms with van der Waals surface area (Å²) in [6.07, 6.45) is 1.40. The second-order valence-corrected chi connectivity index (χ2v) is 2.75. The summed E-state index contributed by atoms with van der Waals surface area (Å²) in [6.45, 7) is 1.73. The van der Waals surface area contributed by atoms with Gasteiger partial charge in [-0.3, -0.25) is 10.1 Å². The van der Waals surface area contributed by atoms with Gasteiger partial charge in [-0.25, -0.2) is 4.63 Å². The number of nitrogens with two attached hydrogens (primary N) is 1. The molecule has 0 aliphatic carbocycles. The Bertz CT molecular complexity index is 488. The van der Waals surface area contributed by atoms with E-state index in [2.05, 4.69) is 25.2 Å². The van der Waals surface area contributed by atoms with E-state index in [4.69, 9.17) is 10.2 Å². The molecule has 0 unspecified atom stereocenters. The molecule has 0 spiro atoms. The molecular formula is C7H7N5O3. The molecule has 0 aromatic carbocycles. The minimum absolute atomic E-state index is 0.0694. The molecule has 0 fully saturated rings. The molecule has 0 saturated heterocycles. The van der Waals surface area contributed by atoms with E-state index in [9.17, 15) is 4.79 Å². The van der Waals surface area contributed by atoms with Crippen LogP contribution in [-0.2, 0) is 0 Å². The number of aromatic nitrogens is 3. The topological polar surface area (TPSA) is 120 Å². The lowest BCUT2D eigenvalue weighted by Gasteiger charge is -1.95. The van der Waals surface area contributed by atoms with Crippen LogP contribution >= 0.6 is 0 Å². The molecule has 15 heavy (non-hydrogen) atoms. The highest BCUT2D eigenvalue weighted by molar-refractivity contribution is 6.04. The third-order valence-electron chi connectivity index (χ3n) is 1.57. The van der Waals surface area contributed by atoms with Gasteiger partial charge in [-0.05, 0) is 17.2 Å². The van der Waals surface area contributed by atoms with E-state index in [-0.39, 0.29) is 17.5 Å². The molecule has 78 valence electrons. The molecule has 2 heterocycles. The van der Waals surface area contributed by atoms with Crippen molar-refractivity contribution >= 4 is 17.7 Å². The molecular weight excluding hydrogens is 202 g/mol. The van der Waals surface area contributed by atoms with Crippen LogP contribution in [0, 0.1) is 6.92 Å². The van der Waals surface area contributed by atoms with Crippen LogP contribution in [0.3, 0.4) is 0 Å². The molecule has 2 aromatic rings. The number of aryl methyl sites for hydroxylation is 1. The first-order chi connectivity index (χ1) is 7.16. The lowest BCUT2D eigenvalue weighted by atomic mass is 10.4. The first kappa shape index (κ1) is 9.19. The van der Waals surface area contributed by atoms with Crippen LogP contribution in [0.1, 0.15) is 16.2 Å². The zero-order chi connectivity index (χ0) is 10.8. The summed E-state index contributed by atoms with van der Waals surface area (Å²) in [5, 5.41) is 8.94. The summed E-state index contributed by atoms with van der Waals surface area (Å²) < 4.78 is 9.18. The van der Waals surface area contributed by atoms with Gasteiger partial charge >= 0.3 is 6.01 Å². The highest BCUT2D eigenvalue weighted by atomic mass is 16.6. The van der Waals surface area contributed by atoms with E-state index in [0.29, 0.717) is 5.69 Å². The second-order valence-electron chi connectivity index (χ2n) is 2.75. The van der Waals surface area contributed by atoms with Crippen molar-refractivity contribution < 1.29 is 13.8 Å². The minimum atomic E-state index is -0.587. The van der Waals surface area contributed by atoms with Gasteiger partial charge in [0.25, 0.3) is 5.91 Å². The first-order valence-electron chi connectivity index (χ1n) is 3.98. The average molecular weight is 209 g/mol. The molecule has 1 amide bonds. The van der Waals surface area contributed by atoms with Gasteiger partial charge in [-0.15, -0.1) is 0 Å². The van der Waals surface area contributed by atoms with Gasteiger partial charge in [-0.2, -0.15) is 4.98 Å². The number of carbonyl (C=O) groups excluding carboxylic acids is 1. The van der Waals surface area contributed by atoms with E-state index in [1.165, 1.54) is 6.26 Å². The zero-order valence-electron chi connectivity index (χ0n) is 7.72. The van der Waals surface area contributed by atoms with Crippen molar-refractivity contribution in [2.45, 2.75) is 6.92 Å². The Balaban J connectivity index is 2.14. The maximum absolute atomic E-state index is 11.5. The Labute approximate surface area is 83.4 Å². The molecule has 2 rings (SSSR count). The number of nitrogen functional groups attached to an aromatic ring is 1. The number of anilines is 2. The predicted octanol–water partition coefficient (Wildman–Crippen LogP) is 0.201. The molecule has 0 bridgehead atoms. The average Bonchev–Trinajstić information content (AvgIpc) is 2.75. The summed E-state index contributed by atoms with van der Waals surface area (Å²) in [4.78, 5) is 15.3. The van der Waals surface area contributed by atoms with E-state index in [0.717, 1.165) is 0 Å².